The molecule has 0 saturated heterocycles. The molecular weight excluding hydrogens is 439 g/mol. The fraction of sp³-hybridized carbons (Fsp3) is 0.391. The van der Waals surface area contributed by atoms with Gasteiger partial charge in [-0.1, -0.05) is 59.6 Å². The zero-order valence-corrected chi connectivity index (χ0v) is 19.9. The Hall–Kier alpha value is -1.69. The zero-order chi connectivity index (χ0) is 22.1. The van der Waals surface area contributed by atoms with Gasteiger partial charge in [-0.15, -0.1) is 11.8 Å². The third-order valence-corrected chi connectivity index (χ3v) is 6.27. The van der Waals surface area contributed by atoms with Crippen molar-refractivity contribution in [3.05, 3.63) is 69.7 Å². The summed E-state index contributed by atoms with van der Waals surface area (Å²) in [5.74, 6) is 0.551. The second-order valence-corrected chi connectivity index (χ2v) is 9.16. The van der Waals surface area contributed by atoms with E-state index in [0.29, 0.717) is 28.8 Å². The van der Waals surface area contributed by atoms with Crippen molar-refractivity contribution in [1.82, 2.24) is 10.2 Å². The van der Waals surface area contributed by atoms with Gasteiger partial charge in [0.1, 0.15) is 6.04 Å². The lowest BCUT2D eigenvalue weighted by Gasteiger charge is -2.29. The molecule has 1 N–H and O–H groups in total. The molecule has 0 aromatic heterocycles. The molecule has 0 bridgehead atoms. The first kappa shape index (κ1) is 24.6. The van der Waals surface area contributed by atoms with Crippen molar-refractivity contribution in [3.63, 3.8) is 0 Å². The SMILES string of the molecule is CC(C)NC(=O)C(C)N(CCc1ccccc1)C(=O)CSCc1c(Cl)cccc1Cl. The van der Waals surface area contributed by atoms with Gasteiger partial charge in [-0.2, -0.15) is 0 Å². The van der Waals surface area contributed by atoms with Crippen molar-refractivity contribution in [2.45, 2.75) is 45.0 Å². The smallest absolute Gasteiger partial charge is 0.242 e. The number of amides is 2. The monoisotopic (exact) mass is 466 g/mol. The van der Waals surface area contributed by atoms with Crippen molar-refractivity contribution in [1.29, 1.82) is 0 Å². The summed E-state index contributed by atoms with van der Waals surface area (Å²) >= 11 is 13.9. The second-order valence-electron chi connectivity index (χ2n) is 7.36. The summed E-state index contributed by atoms with van der Waals surface area (Å²) < 4.78 is 0. The first-order chi connectivity index (χ1) is 14.3. The highest BCUT2D eigenvalue weighted by molar-refractivity contribution is 7.99. The van der Waals surface area contributed by atoms with E-state index in [2.05, 4.69) is 5.32 Å². The number of benzene rings is 2. The molecule has 0 radical (unpaired) electrons. The molecule has 7 heteroatoms. The molecule has 162 valence electrons. The molecule has 0 aliphatic carbocycles. The summed E-state index contributed by atoms with van der Waals surface area (Å²) in [7, 11) is 0. The van der Waals surface area contributed by atoms with E-state index >= 15 is 0 Å². The number of rotatable bonds is 10. The van der Waals surface area contributed by atoms with Gasteiger partial charge in [0.25, 0.3) is 0 Å². The highest BCUT2D eigenvalue weighted by Crippen LogP contribution is 2.28. The van der Waals surface area contributed by atoms with Gasteiger partial charge in [-0.05, 0) is 50.5 Å². The molecule has 0 aliphatic heterocycles. The van der Waals surface area contributed by atoms with Crippen LogP contribution < -0.4 is 5.32 Å². The summed E-state index contributed by atoms with van der Waals surface area (Å²) in [4.78, 5) is 27.2. The van der Waals surface area contributed by atoms with Crippen LogP contribution in [0.1, 0.15) is 31.9 Å². The Bertz CT molecular complexity index is 826. The second kappa shape index (κ2) is 12.2. The van der Waals surface area contributed by atoms with Crippen LogP contribution in [0.2, 0.25) is 10.0 Å². The Kier molecular flexibility index (Phi) is 10.0. The highest BCUT2D eigenvalue weighted by Gasteiger charge is 2.26. The molecule has 30 heavy (non-hydrogen) atoms. The van der Waals surface area contributed by atoms with Crippen LogP contribution in [0.4, 0.5) is 0 Å². The standard InChI is InChI=1S/C23H28Cl2N2O2S/c1-16(2)26-23(29)17(3)27(13-12-18-8-5-4-6-9-18)22(28)15-30-14-19-20(24)10-7-11-21(19)25/h4-11,16-17H,12-15H2,1-3H3,(H,26,29). The lowest BCUT2D eigenvalue weighted by atomic mass is 10.1. The van der Waals surface area contributed by atoms with Crippen LogP contribution in [0, 0.1) is 0 Å². The van der Waals surface area contributed by atoms with E-state index in [1.54, 1.807) is 30.0 Å². The number of hydrogen-bond acceptors (Lipinski definition) is 3. The third kappa shape index (κ3) is 7.53. The summed E-state index contributed by atoms with van der Waals surface area (Å²) in [6.07, 6.45) is 0.687. The van der Waals surface area contributed by atoms with Gasteiger partial charge in [-0.3, -0.25) is 9.59 Å². The fourth-order valence-corrected chi connectivity index (χ4v) is 4.62. The minimum Gasteiger partial charge on any atom is -0.352 e. The Morgan fingerprint density at radius 3 is 2.23 bits per heavy atom. The van der Waals surface area contributed by atoms with E-state index in [9.17, 15) is 9.59 Å². The summed E-state index contributed by atoms with van der Waals surface area (Å²) in [6, 6.07) is 14.8. The molecule has 1 unspecified atom stereocenters. The zero-order valence-electron chi connectivity index (χ0n) is 17.5. The van der Waals surface area contributed by atoms with Gasteiger partial charge in [0.2, 0.25) is 11.8 Å². The molecule has 4 nitrogen and oxygen atoms in total. The normalized spacial score (nSPS) is 11.9. The maximum Gasteiger partial charge on any atom is 0.242 e. The van der Waals surface area contributed by atoms with Crippen LogP contribution in [0.5, 0.6) is 0 Å². The summed E-state index contributed by atoms with van der Waals surface area (Å²) in [6.45, 7) is 6.06. The van der Waals surface area contributed by atoms with E-state index in [1.165, 1.54) is 11.8 Å². The number of carbonyl (C=O) groups excluding carboxylic acids is 2. The van der Waals surface area contributed by atoms with Crippen molar-refractivity contribution < 1.29 is 9.59 Å². The van der Waals surface area contributed by atoms with Crippen LogP contribution in [-0.4, -0.2) is 41.1 Å². The van der Waals surface area contributed by atoms with Gasteiger partial charge >= 0.3 is 0 Å². The molecule has 0 saturated carbocycles. The van der Waals surface area contributed by atoms with E-state index < -0.39 is 6.04 Å². The maximum absolute atomic E-state index is 13.0. The number of thioether (sulfide) groups is 1. The van der Waals surface area contributed by atoms with Crippen molar-refractivity contribution in [3.8, 4) is 0 Å². The number of nitrogens with zero attached hydrogens (tertiary/aromatic N) is 1. The van der Waals surface area contributed by atoms with Crippen LogP contribution in [0.15, 0.2) is 48.5 Å². The van der Waals surface area contributed by atoms with Crippen molar-refractivity contribution >= 4 is 46.8 Å². The lowest BCUT2D eigenvalue weighted by molar-refractivity contribution is -0.138. The number of carbonyl (C=O) groups is 2. The molecule has 2 aromatic rings. The Morgan fingerprint density at radius 1 is 1.00 bits per heavy atom. The minimum atomic E-state index is -0.548. The lowest BCUT2D eigenvalue weighted by Crippen LogP contribution is -2.50. The van der Waals surface area contributed by atoms with Gasteiger partial charge in [0.05, 0.1) is 5.75 Å². The van der Waals surface area contributed by atoms with Crippen LogP contribution in [-0.2, 0) is 21.8 Å². The van der Waals surface area contributed by atoms with Crippen LogP contribution in [0.3, 0.4) is 0 Å². The summed E-state index contributed by atoms with van der Waals surface area (Å²) in [5.41, 5.74) is 1.95. The van der Waals surface area contributed by atoms with E-state index in [0.717, 1.165) is 11.1 Å². The fourth-order valence-electron chi connectivity index (χ4n) is 2.97. The molecule has 1 atom stereocenters. The topological polar surface area (TPSA) is 49.4 Å². The average molecular weight is 467 g/mol. The molecule has 0 fully saturated rings. The first-order valence-electron chi connectivity index (χ1n) is 9.94. The molecule has 0 aliphatic rings. The largest absolute Gasteiger partial charge is 0.352 e. The molecule has 2 aromatic carbocycles. The van der Waals surface area contributed by atoms with Gasteiger partial charge in [-0.25, -0.2) is 0 Å². The van der Waals surface area contributed by atoms with E-state index in [4.69, 9.17) is 23.2 Å². The molecular formula is C23H28Cl2N2O2S. The predicted octanol–water partition coefficient (Wildman–Crippen LogP) is 5.21. The Morgan fingerprint density at radius 2 is 1.63 bits per heavy atom. The van der Waals surface area contributed by atoms with Crippen LogP contribution >= 0.6 is 35.0 Å². The number of nitrogens with one attached hydrogen (secondary N) is 1. The molecule has 2 rings (SSSR count). The highest BCUT2D eigenvalue weighted by atomic mass is 35.5. The third-order valence-electron chi connectivity index (χ3n) is 4.62. The maximum atomic E-state index is 13.0. The Labute approximate surface area is 193 Å². The van der Waals surface area contributed by atoms with Gasteiger partial charge in [0, 0.05) is 28.4 Å². The van der Waals surface area contributed by atoms with E-state index in [1.807, 2.05) is 44.2 Å². The van der Waals surface area contributed by atoms with Crippen molar-refractivity contribution in [2.75, 3.05) is 12.3 Å². The van der Waals surface area contributed by atoms with Gasteiger partial charge < -0.3 is 10.2 Å². The quantitative estimate of drug-likeness (QED) is 0.522. The minimum absolute atomic E-state index is 0.0164. The molecule has 0 heterocycles. The average Bonchev–Trinajstić information content (AvgIpc) is 2.70. The molecule has 0 spiro atoms. The van der Waals surface area contributed by atoms with Crippen molar-refractivity contribution in [2.24, 2.45) is 0 Å². The predicted molar refractivity (Wildman–Crippen MR) is 127 cm³/mol. The number of hydrogen-bond donors (Lipinski definition) is 1. The van der Waals surface area contributed by atoms with Gasteiger partial charge in [0.15, 0.2) is 0 Å². The number of halogens is 2. The first-order valence-corrected chi connectivity index (χ1v) is 11.8. The van der Waals surface area contributed by atoms with Crippen LogP contribution in [0.25, 0.3) is 0 Å². The van der Waals surface area contributed by atoms with E-state index in [-0.39, 0.29) is 23.6 Å². The Balaban J connectivity index is 2.03. The molecule has 2 amide bonds. The summed E-state index contributed by atoms with van der Waals surface area (Å²) in [5, 5.41) is 4.08.